The minimum atomic E-state index is -5.11. The molecule has 1 aromatic heterocycles. The van der Waals surface area contributed by atoms with Crippen LogP contribution in [0.3, 0.4) is 0 Å². The number of alkyl halides is 3. The van der Waals surface area contributed by atoms with Gasteiger partial charge in [0.25, 0.3) is 0 Å². The van der Waals surface area contributed by atoms with E-state index < -0.39 is 17.7 Å². The summed E-state index contributed by atoms with van der Waals surface area (Å²) in [6.45, 7) is 3.22. The van der Waals surface area contributed by atoms with Crippen molar-refractivity contribution in [2.24, 2.45) is 0 Å². The number of aromatic amines is 1. The first-order valence-corrected chi connectivity index (χ1v) is 11.0. The maximum Gasteiger partial charge on any atom is 0.490 e. The van der Waals surface area contributed by atoms with Crippen molar-refractivity contribution in [3.8, 4) is 11.3 Å². The number of carbonyl (C=O) groups excluding carboxylic acids is 2. The summed E-state index contributed by atoms with van der Waals surface area (Å²) in [5.74, 6) is -1.96. The molecule has 1 heterocycles. The Bertz CT molecular complexity index is 1120. The second-order valence-electron chi connectivity index (χ2n) is 8.28. The Balaban J connectivity index is 1.81. The smallest absolute Gasteiger partial charge is 0.445 e. The lowest BCUT2D eigenvalue weighted by Gasteiger charge is -2.28. The zero-order valence-electron chi connectivity index (χ0n) is 18.7. The highest BCUT2D eigenvalue weighted by atomic mass is 19.4. The third-order valence-corrected chi connectivity index (χ3v) is 5.69. The second kappa shape index (κ2) is 10.2. The Morgan fingerprint density at radius 1 is 1.03 bits per heavy atom. The third-order valence-electron chi connectivity index (χ3n) is 5.69. The standard InChI is InChI=1S/C25H27F3N2O3/c1-3-20(31)11-5-4-8-14-24(2,33-23(32)25(26,27)28)22-29-16-21(30-22)19-13-12-17-9-6-7-10-18(17)15-19/h6-7,9-10,12-13,15-16H,3-5,8,11,14H2,1-2H3,(H,29,30). The van der Waals surface area contributed by atoms with E-state index in [1.54, 1.807) is 6.92 Å². The quantitative estimate of drug-likeness (QED) is 0.278. The van der Waals surface area contributed by atoms with E-state index >= 15 is 0 Å². The first kappa shape index (κ1) is 24.5. The highest BCUT2D eigenvalue weighted by Gasteiger charge is 2.46. The molecule has 1 unspecified atom stereocenters. The Hall–Kier alpha value is -3.16. The number of esters is 1. The first-order valence-electron chi connectivity index (χ1n) is 11.0. The molecule has 0 fully saturated rings. The summed E-state index contributed by atoms with van der Waals surface area (Å²) in [5, 5.41) is 2.07. The number of ether oxygens (including phenoxy) is 1. The summed E-state index contributed by atoms with van der Waals surface area (Å²) in [7, 11) is 0. The van der Waals surface area contributed by atoms with Gasteiger partial charge in [-0.05, 0) is 43.0 Å². The fourth-order valence-electron chi connectivity index (χ4n) is 3.71. The van der Waals surface area contributed by atoms with E-state index in [9.17, 15) is 22.8 Å². The summed E-state index contributed by atoms with van der Waals surface area (Å²) in [5.41, 5.74) is -0.162. The number of benzene rings is 2. The molecule has 0 aliphatic heterocycles. The van der Waals surface area contributed by atoms with Gasteiger partial charge in [0.05, 0.1) is 11.9 Å². The van der Waals surface area contributed by atoms with E-state index in [0.717, 1.165) is 16.3 Å². The lowest BCUT2D eigenvalue weighted by atomic mass is 9.96. The number of unbranched alkanes of at least 4 members (excludes halogenated alkanes) is 2. The fraction of sp³-hybridized carbons (Fsp3) is 0.400. The summed E-state index contributed by atoms with van der Waals surface area (Å²) in [6, 6.07) is 13.6. The molecule has 1 atom stereocenters. The number of hydrogen-bond donors (Lipinski definition) is 1. The van der Waals surface area contributed by atoms with E-state index in [0.29, 0.717) is 37.8 Å². The number of halogens is 3. The second-order valence-corrected chi connectivity index (χ2v) is 8.28. The average Bonchev–Trinajstić information content (AvgIpc) is 3.29. The first-order chi connectivity index (χ1) is 15.6. The van der Waals surface area contributed by atoms with Gasteiger partial charge in [0.15, 0.2) is 11.4 Å². The monoisotopic (exact) mass is 460 g/mol. The van der Waals surface area contributed by atoms with E-state index in [1.165, 1.54) is 13.1 Å². The van der Waals surface area contributed by atoms with Crippen LogP contribution in [0.2, 0.25) is 0 Å². The van der Waals surface area contributed by atoms with Crippen LogP contribution in [0.5, 0.6) is 0 Å². The van der Waals surface area contributed by atoms with Crippen molar-refractivity contribution < 1.29 is 27.5 Å². The van der Waals surface area contributed by atoms with Gasteiger partial charge >= 0.3 is 12.1 Å². The van der Waals surface area contributed by atoms with Gasteiger partial charge in [0, 0.05) is 18.4 Å². The number of carbonyl (C=O) groups is 2. The number of ketones is 1. The Kier molecular flexibility index (Phi) is 7.56. The number of nitrogens with zero attached hydrogens (tertiary/aromatic N) is 1. The van der Waals surface area contributed by atoms with Crippen molar-refractivity contribution in [2.45, 2.75) is 64.1 Å². The highest BCUT2D eigenvalue weighted by molar-refractivity contribution is 5.86. The van der Waals surface area contributed by atoms with Crippen molar-refractivity contribution in [2.75, 3.05) is 0 Å². The molecule has 176 valence electrons. The SMILES string of the molecule is CCC(=O)CCCCCC(C)(OC(=O)C(F)(F)F)c1ncc(-c2ccc3ccccc3c2)[nH]1. The number of hydrogen-bond acceptors (Lipinski definition) is 4. The van der Waals surface area contributed by atoms with Crippen LogP contribution in [0.15, 0.2) is 48.7 Å². The van der Waals surface area contributed by atoms with E-state index in [-0.39, 0.29) is 18.0 Å². The van der Waals surface area contributed by atoms with Crippen LogP contribution >= 0.6 is 0 Å². The molecule has 0 saturated heterocycles. The molecular weight excluding hydrogens is 433 g/mol. The van der Waals surface area contributed by atoms with E-state index in [2.05, 4.69) is 9.97 Å². The van der Waals surface area contributed by atoms with Crippen LogP contribution in [-0.4, -0.2) is 27.9 Å². The number of rotatable bonds is 10. The summed E-state index contributed by atoms with van der Waals surface area (Å²) in [4.78, 5) is 30.4. The predicted octanol–water partition coefficient (Wildman–Crippen LogP) is 6.48. The molecule has 2 aromatic carbocycles. The molecule has 5 nitrogen and oxygen atoms in total. The van der Waals surface area contributed by atoms with Crippen LogP contribution in [0.25, 0.3) is 22.0 Å². The van der Waals surface area contributed by atoms with Crippen LogP contribution in [-0.2, 0) is 19.9 Å². The highest BCUT2D eigenvalue weighted by Crippen LogP contribution is 2.34. The maximum absolute atomic E-state index is 12.9. The lowest BCUT2D eigenvalue weighted by molar-refractivity contribution is -0.215. The lowest BCUT2D eigenvalue weighted by Crippen LogP contribution is -2.36. The van der Waals surface area contributed by atoms with Crippen LogP contribution < -0.4 is 0 Å². The normalized spacial score (nSPS) is 13.6. The van der Waals surface area contributed by atoms with Crippen molar-refractivity contribution in [3.05, 3.63) is 54.5 Å². The molecule has 0 saturated carbocycles. The van der Waals surface area contributed by atoms with Gasteiger partial charge in [-0.3, -0.25) is 4.79 Å². The topological polar surface area (TPSA) is 72.1 Å². The van der Waals surface area contributed by atoms with Gasteiger partial charge < -0.3 is 9.72 Å². The number of imidazole rings is 1. The number of Topliss-reactive ketones (excluding diaryl/α,β-unsaturated/α-hetero) is 1. The van der Waals surface area contributed by atoms with Crippen LogP contribution in [0.4, 0.5) is 13.2 Å². The molecule has 0 spiro atoms. The van der Waals surface area contributed by atoms with E-state index in [1.807, 2.05) is 42.5 Å². The van der Waals surface area contributed by atoms with Gasteiger partial charge in [-0.1, -0.05) is 49.7 Å². The van der Waals surface area contributed by atoms with Gasteiger partial charge in [-0.15, -0.1) is 0 Å². The molecule has 3 aromatic rings. The van der Waals surface area contributed by atoms with E-state index in [4.69, 9.17) is 4.74 Å². The molecule has 33 heavy (non-hydrogen) atoms. The molecule has 3 rings (SSSR count). The Morgan fingerprint density at radius 3 is 2.45 bits per heavy atom. The third kappa shape index (κ3) is 6.21. The zero-order valence-corrected chi connectivity index (χ0v) is 18.7. The minimum absolute atomic E-state index is 0.139. The summed E-state index contributed by atoms with van der Waals surface area (Å²) in [6.07, 6.45) is -0.807. The van der Waals surface area contributed by atoms with Crippen molar-refractivity contribution in [3.63, 3.8) is 0 Å². The van der Waals surface area contributed by atoms with Gasteiger partial charge in [0.2, 0.25) is 0 Å². The molecule has 0 amide bonds. The number of aromatic nitrogens is 2. The largest absolute Gasteiger partial charge is 0.490 e. The fourth-order valence-corrected chi connectivity index (χ4v) is 3.71. The predicted molar refractivity (Wildman–Crippen MR) is 119 cm³/mol. The van der Waals surface area contributed by atoms with Crippen molar-refractivity contribution in [1.29, 1.82) is 0 Å². The molecule has 0 aliphatic carbocycles. The number of fused-ring (bicyclic) bond motifs is 1. The summed E-state index contributed by atoms with van der Waals surface area (Å²) < 4.78 is 43.8. The maximum atomic E-state index is 12.9. The van der Waals surface area contributed by atoms with Gasteiger partial charge in [0.1, 0.15) is 5.78 Å². The molecule has 0 aliphatic rings. The van der Waals surface area contributed by atoms with Crippen molar-refractivity contribution in [1.82, 2.24) is 9.97 Å². The van der Waals surface area contributed by atoms with Crippen LogP contribution in [0, 0.1) is 0 Å². The average molecular weight is 460 g/mol. The Morgan fingerprint density at radius 2 is 1.76 bits per heavy atom. The molecule has 0 radical (unpaired) electrons. The summed E-state index contributed by atoms with van der Waals surface area (Å²) >= 11 is 0. The molecular formula is C25H27F3N2O3. The van der Waals surface area contributed by atoms with Gasteiger partial charge in [-0.2, -0.15) is 13.2 Å². The number of H-pyrrole nitrogens is 1. The van der Waals surface area contributed by atoms with Gasteiger partial charge in [-0.25, -0.2) is 9.78 Å². The molecule has 8 heteroatoms. The zero-order chi connectivity index (χ0) is 24.1. The Labute approximate surface area is 190 Å². The van der Waals surface area contributed by atoms with Crippen LogP contribution in [0.1, 0.15) is 58.2 Å². The number of nitrogens with one attached hydrogen (secondary N) is 1. The van der Waals surface area contributed by atoms with Crippen molar-refractivity contribution >= 4 is 22.5 Å². The molecule has 0 bridgehead atoms. The minimum Gasteiger partial charge on any atom is -0.445 e. The molecule has 1 N–H and O–H groups in total.